The Kier molecular flexibility index (Phi) is 6.14. The van der Waals surface area contributed by atoms with Crippen LogP contribution in [-0.4, -0.2) is 33.3 Å². The maximum Gasteiger partial charge on any atom is 0.249 e. The van der Waals surface area contributed by atoms with Gasteiger partial charge in [0.05, 0.1) is 6.20 Å². The lowest BCUT2D eigenvalue weighted by atomic mass is 10.1. The molecular formula is C20H25N7. The molecule has 0 saturated carbocycles. The third-order valence-electron chi connectivity index (χ3n) is 4.34. The van der Waals surface area contributed by atoms with Crippen LogP contribution in [-0.2, 0) is 6.54 Å². The standard InChI is InChI=1S/C20H25N7/c1-4-27(5-2)17-8-9-18(15(3)11-17)24-20-25-19(14-23-26-20)22-13-16-7-6-10-21-12-16/h6-12,14H,4-5,13H2,1-3H3,(H2,22,24,25,26). The molecule has 3 rings (SSSR count). The van der Waals surface area contributed by atoms with Crippen LogP contribution < -0.4 is 15.5 Å². The van der Waals surface area contributed by atoms with Crippen molar-refractivity contribution in [2.45, 2.75) is 27.3 Å². The molecule has 0 unspecified atom stereocenters. The van der Waals surface area contributed by atoms with Gasteiger partial charge in [-0.15, -0.1) is 5.10 Å². The highest BCUT2D eigenvalue weighted by Gasteiger charge is 2.07. The van der Waals surface area contributed by atoms with Gasteiger partial charge in [0.2, 0.25) is 5.95 Å². The summed E-state index contributed by atoms with van der Waals surface area (Å²) in [6, 6.07) is 10.3. The Hall–Kier alpha value is -3.22. The Balaban J connectivity index is 1.69. The van der Waals surface area contributed by atoms with E-state index >= 15 is 0 Å². The topological polar surface area (TPSA) is 78.9 Å². The Morgan fingerprint density at radius 1 is 1.07 bits per heavy atom. The molecule has 27 heavy (non-hydrogen) atoms. The van der Waals surface area contributed by atoms with Crippen molar-refractivity contribution >= 4 is 23.1 Å². The van der Waals surface area contributed by atoms with E-state index in [1.165, 1.54) is 5.69 Å². The van der Waals surface area contributed by atoms with Crippen molar-refractivity contribution in [1.29, 1.82) is 0 Å². The summed E-state index contributed by atoms with van der Waals surface area (Å²) in [5.41, 5.74) is 4.40. The lowest BCUT2D eigenvalue weighted by Gasteiger charge is -2.22. The number of hydrogen-bond acceptors (Lipinski definition) is 7. The summed E-state index contributed by atoms with van der Waals surface area (Å²) in [6.07, 6.45) is 5.19. The van der Waals surface area contributed by atoms with Gasteiger partial charge in [-0.2, -0.15) is 10.1 Å². The first-order valence-corrected chi connectivity index (χ1v) is 9.14. The van der Waals surface area contributed by atoms with Crippen LogP contribution in [0.15, 0.2) is 48.9 Å². The van der Waals surface area contributed by atoms with Crippen molar-refractivity contribution in [2.75, 3.05) is 28.6 Å². The number of pyridine rings is 1. The summed E-state index contributed by atoms with van der Waals surface area (Å²) in [5, 5.41) is 14.6. The number of nitrogens with one attached hydrogen (secondary N) is 2. The average molecular weight is 363 g/mol. The summed E-state index contributed by atoms with van der Waals surface area (Å²) in [5.74, 6) is 1.12. The number of benzene rings is 1. The molecule has 0 saturated heterocycles. The van der Waals surface area contributed by atoms with Crippen LogP contribution in [0.25, 0.3) is 0 Å². The molecule has 0 aliphatic rings. The minimum atomic E-state index is 0.463. The second-order valence-electron chi connectivity index (χ2n) is 6.18. The fraction of sp³-hybridized carbons (Fsp3) is 0.300. The largest absolute Gasteiger partial charge is 0.372 e. The number of nitrogens with zero attached hydrogens (tertiary/aromatic N) is 5. The van der Waals surface area contributed by atoms with Crippen LogP contribution in [0.4, 0.5) is 23.1 Å². The minimum Gasteiger partial charge on any atom is -0.372 e. The van der Waals surface area contributed by atoms with Gasteiger partial charge in [-0.25, -0.2) is 0 Å². The van der Waals surface area contributed by atoms with Crippen molar-refractivity contribution in [3.05, 3.63) is 60.0 Å². The number of hydrogen-bond donors (Lipinski definition) is 2. The van der Waals surface area contributed by atoms with E-state index in [9.17, 15) is 0 Å². The zero-order valence-electron chi connectivity index (χ0n) is 16.0. The molecule has 2 N–H and O–H groups in total. The Bertz CT molecular complexity index is 863. The molecule has 0 aliphatic carbocycles. The van der Waals surface area contributed by atoms with E-state index in [0.29, 0.717) is 18.3 Å². The van der Waals surface area contributed by atoms with Gasteiger partial charge in [0.15, 0.2) is 5.82 Å². The van der Waals surface area contributed by atoms with Crippen molar-refractivity contribution in [1.82, 2.24) is 20.2 Å². The molecule has 1 aromatic carbocycles. The van der Waals surface area contributed by atoms with E-state index in [1.807, 2.05) is 18.3 Å². The van der Waals surface area contributed by atoms with Crippen molar-refractivity contribution < 1.29 is 0 Å². The summed E-state index contributed by atoms with van der Waals surface area (Å²) >= 11 is 0. The first-order valence-electron chi connectivity index (χ1n) is 9.14. The highest BCUT2D eigenvalue weighted by Crippen LogP contribution is 2.24. The third-order valence-corrected chi connectivity index (χ3v) is 4.34. The minimum absolute atomic E-state index is 0.463. The number of anilines is 4. The van der Waals surface area contributed by atoms with E-state index in [4.69, 9.17) is 0 Å². The van der Waals surface area contributed by atoms with E-state index in [-0.39, 0.29) is 0 Å². The Morgan fingerprint density at radius 3 is 2.63 bits per heavy atom. The van der Waals surface area contributed by atoms with Gasteiger partial charge in [0.25, 0.3) is 0 Å². The normalized spacial score (nSPS) is 10.5. The monoisotopic (exact) mass is 363 g/mol. The molecule has 0 amide bonds. The summed E-state index contributed by atoms with van der Waals surface area (Å²) in [7, 11) is 0. The molecule has 3 aromatic rings. The summed E-state index contributed by atoms with van der Waals surface area (Å²) < 4.78 is 0. The van der Waals surface area contributed by atoms with Crippen LogP contribution in [0.3, 0.4) is 0 Å². The van der Waals surface area contributed by atoms with Crippen LogP contribution in [0.1, 0.15) is 25.0 Å². The van der Waals surface area contributed by atoms with E-state index < -0.39 is 0 Å². The summed E-state index contributed by atoms with van der Waals surface area (Å²) in [4.78, 5) is 10.9. The van der Waals surface area contributed by atoms with Gasteiger partial charge in [-0.05, 0) is 56.2 Å². The lowest BCUT2D eigenvalue weighted by Crippen LogP contribution is -2.21. The second-order valence-corrected chi connectivity index (χ2v) is 6.18. The van der Waals surface area contributed by atoms with Crippen LogP contribution in [0, 0.1) is 6.92 Å². The average Bonchev–Trinajstić information content (AvgIpc) is 2.70. The predicted octanol–water partition coefficient (Wildman–Crippen LogP) is 3.78. The van der Waals surface area contributed by atoms with Crippen molar-refractivity contribution in [3.63, 3.8) is 0 Å². The molecule has 7 nitrogen and oxygen atoms in total. The molecular weight excluding hydrogens is 338 g/mol. The van der Waals surface area contributed by atoms with Gasteiger partial charge < -0.3 is 15.5 Å². The molecule has 2 heterocycles. The van der Waals surface area contributed by atoms with Crippen molar-refractivity contribution in [2.24, 2.45) is 0 Å². The SMILES string of the molecule is CCN(CC)c1ccc(Nc2nncc(NCc3cccnc3)n2)c(C)c1. The zero-order valence-corrected chi connectivity index (χ0v) is 16.0. The molecule has 7 heteroatoms. The fourth-order valence-corrected chi connectivity index (χ4v) is 2.83. The molecule has 0 aliphatic heterocycles. The fourth-order valence-electron chi connectivity index (χ4n) is 2.83. The molecule has 0 fully saturated rings. The third kappa shape index (κ3) is 4.91. The number of rotatable bonds is 8. The second kappa shape index (κ2) is 8.93. The van der Waals surface area contributed by atoms with Gasteiger partial charge in [0, 0.05) is 43.4 Å². The van der Waals surface area contributed by atoms with Gasteiger partial charge in [0.1, 0.15) is 0 Å². The van der Waals surface area contributed by atoms with Crippen molar-refractivity contribution in [3.8, 4) is 0 Å². The molecule has 0 atom stereocenters. The first kappa shape index (κ1) is 18.6. The molecule has 2 aromatic heterocycles. The van der Waals surface area contributed by atoms with E-state index in [0.717, 1.165) is 29.9 Å². The predicted molar refractivity (Wildman–Crippen MR) is 109 cm³/mol. The van der Waals surface area contributed by atoms with Crippen LogP contribution in [0.2, 0.25) is 0 Å². The maximum atomic E-state index is 4.49. The Morgan fingerprint density at radius 2 is 1.93 bits per heavy atom. The number of aryl methyl sites for hydroxylation is 1. The zero-order chi connectivity index (χ0) is 19.1. The smallest absolute Gasteiger partial charge is 0.249 e. The molecule has 0 spiro atoms. The molecule has 140 valence electrons. The van der Waals surface area contributed by atoms with Gasteiger partial charge in [-0.1, -0.05) is 6.07 Å². The van der Waals surface area contributed by atoms with E-state index in [2.05, 4.69) is 74.7 Å². The maximum absolute atomic E-state index is 4.49. The lowest BCUT2D eigenvalue weighted by molar-refractivity contribution is 0.865. The summed E-state index contributed by atoms with van der Waals surface area (Å²) in [6.45, 7) is 9.00. The highest BCUT2D eigenvalue weighted by molar-refractivity contribution is 5.64. The quantitative estimate of drug-likeness (QED) is 0.630. The molecule has 0 radical (unpaired) electrons. The van der Waals surface area contributed by atoms with Crippen LogP contribution in [0.5, 0.6) is 0 Å². The Labute approximate surface area is 159 Å². The first-order chi connectivity index (χ1) is 13.2. The molecule has 0 bridgehead atoms. The van der Waals surface area contributed by atoms with Gasteiger partial charge in [-0.3, -0.25) is 4.98 Å². The highest BCUT2D eigenvalue weighted by atomic mass is 15.3. The van der Waals surface area contributed by atoms with E-state index in [1.54, 1.807) is 12.4 Å². The number of aromatic nitrogens is 4. The van der Waals surface area contributed by atoms with Crippen LogP contribution >= 0.6 is 0 Å². The van der Waals surface area contributed by atoms with Gasteiger partial charge >= 0.3 is 0 Å².